The molecule has 1 rings (SSSR count). The van der Waals surface area contributed by atoms with E-state index in [0.717, 1.165) is 25.9 Å². The minimum absolute atomic E-state index is 0.113. The quantitative estimate of drug-likeness (QED) is 0.627. The molecular formula is C11H18N2O. The number of hydrogen-bond acceptors (Lipinski definition) is 1. The van der Waals surface area contributed by atoms with Gasteiger partial charge in [-0.1, -0.05) is 12.2 Å². The molecule has 0 radical (unpaired) electrons. The molecule has 14 heavy (non-hydrogen) atoms. The number of likely N-dealkylation sites (tertiary alicyclic amines) is 1. The molecule has 3 nitrogen and oxygen atoms in total. The highest BCUT2D eigenvalue weighted by Crippen LogP contribution is 2.10. The molecule has 0 spiro atoms. The van der Waals surface area contributed by atoms with E-state index in [9.17, 15) is 4.79 Å². The first-order valence-corrected chi connectivity index (χ1v) is 5.05. The summed E-state index contributed by atoms with van der Waals surface area (Å²) in [5, 5.41) is 0. The predicted molar refractivity (Wildman–Crippen MR) is 58.2 cm³/mol. The summed E-state index contributed by atoms with van der Waals surface area (Å²) in [5.74, 6) is 0. The maximum atomic E-state index is 11.9. The lowest BCUT2D eigenvalue weighted by Crippen LogP contribution is -2.41. The third-order valence-corrected chi connectivity index (χ3v) is 2.35. The maximum Gasteiger partial charge on any atom is 0.320 e. The average Bonchev–Trinajstić information content (AvgIpc) is 2.69. The van der Waals surface area contributed by atoms with Gasteiger partial charge in [0.15, 0.2) is 0 Å². The largest absolute Gasteiger partial charge is 0.325 e. The Morgan fingerprint density at radius 2 is 1.71 bits per heavy atom. The van der Waals surface area contributed by atoms with Crippen molar-refractivity contribution in [1.82, 2.24) is 9.80 Å². The van der Waals surface area contributed by atoms with Crippen LogP contribution in [0.5, 0.6) is 0 Å². The monoisotopic (exact) mass is 194 g/mol. The molecule has 0 saturated carbocycles. The average molecular weight is 194 g/mol. The normalized spacial score (nSPS) is 15.3. The Morgan fingerprint density at radius 3 is 2.14 bits per heavy atom. The van der Waals surface area contributed by atoms with Crippen molar-refractivity contribution < 1.29 is 4.79 Å². The summed E-state index contributed by atoms with van der Waals surface area (Å²) in [4.78, 5) is 15.5. The zero-order chi connectivity index (χ0) is 10.4. The summed E-state index contributed by atoms with van der Waals surface area (Å²) in [5.41, 5.74) is 0. The van der Waals surface area contributed by atoms with Crippen molar-refractivity contribution in [3.8, 4) is 0 Å². The third kappa shape index (κ3) is 2.62. The Labute approximate surface area is 85.7 Å². The summed E-state index contributed by atoms with van der Waals surface area (Å²) in [6, 6.07) is 0.113. The SMILES string of the molecule is C=CCN(CC=C)C(=O)N1CCCC1. The molecule has 0 bridgehead atoms. The number of nitrogens with zero attached hydrogens (tertiary/aromatic N) is 2. The van der Waals surface area contributed by atoms with Gasteiger partial charge in [0.05, 0.1) is 0 Å². The lowest BCUT2D eigenvalue weighted by atomic mass is 10.4. The first kappa shape index (κ1) is 10.8. The van der Waals surface area contributed by atoms with E-state index < -0.39 is 0 Å². The molecule has 0 aromatic heterocycles. The molecule has 0 aromatic rings. The molecule has 0 unspecified atom stereocenters. The van der Waals surface area contributed by atoms with Gasteiger partial charge in [-0.2, -0.15) is 0 Å². The van der Waals surface area contributed by atoms with Crippen molar-refractivity contribution in [1.29, 1.82) is 0 Å². The summed E-state index contributed by atoms with van der Waals surface area (Å²) in [7, 11) is 0. The minimum Gasteiger partial charge on any atom is -0.325 e. The van der Waals surface area contributed by atoms with Crippen LogP contribution in [0.1, 0.15) is 12.8 Å². The highest BCUT2D eigenvalue weighted by molar-refractivity contribution is 5.75. The second-order valence-electron chi connectivity index (χ2n) is 3.46. The van der Waals surface area contributed by atoms with E-state index >= 15 is 0 Å². The Balaban J connectivity index is 2.51. The van der Waals surface area contributed by atoms with Crippen molar-refractivity contribution in [2.75, 3.05) is 26.2 Å². The molecule has 3 heteroatoms. The molecule has 78 valence electrons. The molecule has 1 aliphatic rings. The Morgan fingerprint density at radius 1 is 1.21 bits per heavy atom. The van der Waals surface area contributed by atoms with Crippen molar-refractivity contribution in [2.24, 2.45) is 0 Å². The molecule has 0 aliphatic carbocycles. The van der Waals surface area contributed by atoms with Crippen molar-refractivity contribution in [2.45, 2.75) is 12.8 Å². The van der Waals surface area contributed by atoms with Gasteiger partial charge < -0.3 is 9.80 Å². The number of hydrogen-bond donors (Lipinski definition) is 0. The maximum absolute atomic E-state index is 11.9. The molecule has 0 N–H and O–H groups in total. The molecule has 1 saturated heterocycles. The van der Waals surface area contributed by atoms with E-state index in [-0.39, 0.29) is 6.03 Å². The highest BCUT2D eigenvalue weighted by Gasteiger charge is 2.21. The Bertz CT molecular complexity index is 209. The Kier molecular flexibility index (Phi) is 4.23. The Hall–Kier alpha value is -1.25. The number of rotatable bonds is 4. The van der Waals surface area contributed by atoms with Gasteiger partial charge in [0.1, 0.15) is 0 Å². The van der Waals surface area contributed by atoms with Crippen LogP contribution in [0.4, 0.5) is 4.79 Å². The fourth-order valence-electron chi connectivity index (χ4n) is 1.65. The second kappa shape index (κ2) is 5.47. The smallest absolute Gasteiger partial charge is 0.320 e. The standard InChI is InChI=1S/C11H18N2O/c1-3-7-12(8-4-2)11(14)13-9-5-6-10-13/h3-4H,1-2,5-10H2. The number of urea groups is 1. The van der Waals surface area contributed by atoms with Crippen LogP contribution in [0.3, 0.4) is 0 Å². The van der Waals surface area contributed by atoms with Crippen LogP contribution >= 0.6 is 0 Å². The lowest BCUT2D eigenvalue weighted by Gasteiger charge is -2.25. The first-order valence-electron chi connectivity index (χ1n) is 5.05. The van der Waals surface area contributed by atoms with Gasteiger partial charge in [0, 0.05) is 26.2 Å². The van der Waals surface area contributed by atoms with Crippen LogP contribution in [0.15, 0.2) is 25.3 Å². The van der Waals surface area contributed by atoms with Gasteiger partial charge in [-0.25, -0.2) is 4.79 Å². The molecular weight excluding hydrogens is 176 g/mol. The van der Waals surface area contributed by atoms with E-state index in [0.29, 0.717) is 13.1 Å². The van der Waals surface area contributed by atoms with Gasteiger partial charge in [-0.3, -0.25) is 0 Å². The number of amides is 2. The summed E-state index contributed by atoms with van der Waals surface area (Å²) >= 11 is 0. The molecule has 1 fully saturated rings. The van der Waals surface area contributed by atoms with Gasteiger partial charge in [-0.05, 0) is 12.8 Å². The topological polar surface area (TPSA) is 23.6 Å². The van der Waals surface area contributed by atoms with E-state index in [2.05, 4.69) is 13.2 Å². The lowest BCUT2D eigenvalue weighted by molar-refractivity contribution is 0.172. The number of carbonyl (C=O) groups is 1. The zero-order valence-corrected chi connectivity index (χ0v) is 8.61. The molecule has 0 atom stereocenters. The van der Waals surface area contributed by atoms with Crippen molar-refractivity contribution in [3.63, 3.8) is 0 Å². The van der Waals surface area contributed by atoms with E-state index in [1.807, 2.05) is 4.90 Å². The van der Waals surface area contributed by atoms with Crippen LogP contribution < -0.4 is 0 Å². The van der Waals surface area contributed by atoms with Crippen LogP contribution in [0.2, 0.25) is 0 Å². The van der Waals surface area contributed by atoms with Crippen LogP contribution in [-0.2, 0) is 0 Å². The summed E-state index contributed by atoms with van der Waals surface area (Å²) in [6.07, 6.45) is 5.75. The highest BCUT2D eigenvalue weighted by atomic mass is 16.2. The van der Waals surface area contributed by atoms with Gasteiger partial charge in [0.2, 0.25) is 0 Å². The molecule has 0 aromatic carbocycles. The number of carbonyl (C=O) groups excluding carboxylic acids is 1. The molecule has 1 aliphatic heterocycles. The predicted octanol–water partition coefficient (Wildman–Crippen LogP) is 1.88. The molecule has 2 amide bonds. The fraction of sp³-hybridized carbons (Fsp3) is 0.545. The van der Waals surface area contributed by atoms with E-state index in [4.69, 9.17) is 0 Å². The van der Waals surface area contributed by atoms with Gasteiger partial charge in [-0.15, -0.1) is 13.2 Å². The third-order valence-electron chi connectivity index (χ3n) is 2.35. The van der Waals surface area contributed by atoms with Gasteiger partial charge >= 0.3 is 6.03 Å². The van der Waals surface area contributed by atoms with Crippen molar-refractivity contribution in [3.05, 3.63) is 25.3 Å². The van der Waals surface area contributed by atoms with Crippen LogP contribution in [-0.4, -0.2) is 42.0 Å². The van der Waals surface area contributed by atoms with Crippen LogP contribution in [0.25, 0.3) is 0 Å². The van der Waals surface area contributed by atoms with E-state index in [1.165, 1.54) is 0 Å². The van der Waals surface area contributed by atoms with Crippen LogP contribution in [0, 0.1) is 0 Å². The fourth-order valence-corrected chi connectivity index (χ4v) is 1.65. The first-order chi connectivity index (χ1) is 6.79. The summed E-state index contributed by atoms with van der Waals surface area (Å²) in [6.45, 7) is 10.3. The van der Waals surface area contributed by atoms with Gasteiger partial charge in [0.25, 0.3) is 0 Å². The zero-order valence-electron chi connectivity index (χ0n) is 8.61. The molecule has 1 heterocycles. The summed E-state index contributed by atoms with van der Waals surface area (Å²) < 4.78 is 0. The van der Waals surface area contributed by atoms with E-state index in [1.54, 1.807) is 17.1 Å². The second-order valence-corrected chi connectivity index (χ2v) is 3.46. The minimum atomic E-state index is 0.113. The van der Waals surface area contributed by atoms with Crippen molar-refractivity contribution >= 4 is 6.03 Å².